The van der Waals surface area contributed by atoms with Crippen LogP contribution in [-0.4, -0.2) is 80.6 Å². The van der Waals surface area contributed by atoms with Crippen molar-refractivity contribution in [3.63, 3.8) is 0 Å². The number of hydrogen-bond donors (Lipinski definition) is 0. The highest BCUT2D eigenvalue weighted by Gasteiger charge is 2.21. The van der Waals surface area contributed by atoms with Gasteiger partial charge in [-0.25, -0.2) is 4.98 Å². The average molecular weight is 446 g/mol. The molecule has 0 atom stereocenters. The second kappa shape index (κ2) is 11.6. The first-order valence-corrected chi connectivity index (χ1v) is 11.6. The number of ether oxygens (including phenoxy) is 2. The molecule has 2 aliphatic rings. The topological polar surface area (TPSA) is 54.0 Å². The van der Waals surface area contributed by atoms with E-state index in [4.69, 9.17) is 26.1 Å². The molecule has 0 radical (unpaired) electrons. The molecule has 0 aliphatic carbocycles. The number of hydrogen-bond acceptors (Lipinski definition) is 7. The smallest absolute Gasteiger partial charge is 0.228 e. The second-order valence-electron chi connectivity index (χ2n) is 8.02. The summed E-state index contributed by atoms with van der Waals surface area (Å²) in [6.45, 7) is 9.31. The Labute approximate surface area is 189 Å². The minimum atomic E-state index is 0.494. The summed E-state index contributed by atoms with van der Waals surface area (Å²) in [6, 6.07) is 12.5. The SMILES string of the molecule is Clc1cc(N2CCCOCCOCCC2)nc(N2CCN(Cc3ccccc3)CC2)n1. The summed E-state index contributed by atoms with van der Waals surface area (Å²) in [6.07, 6.45) is 1.91. The quantitative estimate of drug-likeness (QED) is 0.670. The highest BCUT2D eigenvalue weighted by molar-refractivity contribution is 6.29. The monoisotopic (exact) mass is 445 g/mol. The molecule has 2 aromatic rings. The Balaban J connectivity index is 1.39. The van der Waals surface area contributed by atoms with Gasteiger partial charge >= 0.3 is 0 Å². The third-order valence-corrected chi connectivity index (χ3v) is 5.90. The van der Waals surface area contributed by atoms with Gasteiger partial charge < -0.3 is 19.3 Å². The fourth-order valence-corrected chi connectivity index (χ4v) is 4.20. The summed E-state index contributed by atoms with van der Waals surface area (Å²) in [5, 5.41) is 0.494. The number of benzene rings is 1. The largest absolute Gasteiger partial charge is 0.379 e. The molecule has 2 aliphatic heterocycles. The summed E-state index contributed by atoms with van der Waals surface area (Å²) in [4.78, 5) is 16.4. The second-order valence-corrected chi connectivity index (χ2v) is 8.40. The average Bonchev–Trinajstić information content (AvgIpc) is 2.86. The number of halogens is 1. The predicted octanol–water partition coefficient (Wildman–Crippen LogP) is 3.09. The van der Waals surface area contributed by atoms with Gasteiger partial charge in [-0.05, 0) is 18.4 Å². The van der Waals surface area contributed by atoms with Gasteiger partial charge in [0, 0.05) is 65.1 Å². The Hall–Kier alpha value is -1.93. The summed E-state index contributed by atoms with van der Waals surface area (Å²) in [5.41, 5.74) is 1.35. The van der Waals surface area contributed by atoms with E-state index in [1.165, 1.54) is 5.56 Å². The Morgan fingerprint density at radius 2 is 1.45 bits per heavy atom. The lowest BCUT2D eigenvalue weighted by molar-refractivity contribution is 0.0494. The summed E-state index contributed by atoms with van der Waals surface area (Å²) in [7, 11) is 0. The molecule has 0 amide bonds. The van der Waals surface area contributed by atoms with Crippen molar-refractivity contribution in [1.82, 2.24) is 14.9 Å². The van der Waals surface area contributed by atoms with Crippen LogP contribution < -0.4 is 9.80 Å². The van der Waals surface area contributed by atoms with Crippen molar-refractivity contribution in [1.29, 1.82) is 0 Å². The molecule has 1 aromatic heterocycles. The molecule has 0 bridgehead atoms. The molecule has 168 valence electrons. The third kappa shape index (κ3) is 6.77. The van der Waals surface area contributed by atoms with Crippen molar-refractivity contribution in [2.45, 2.75) is 19.4 Å². The minimum Gasteiger partial charge on any atom is -0.379 e. The molecule has 0 unspecified atom stereocenters. The first-order chi connectivity index (χ1) is 15.3. The lowest BCUT2D eigenvalue weighted by atomic mass is 10.2. The summed E-state index contributed by atoms with van der Waals surface area (Å²) in [5.74, 6) is 1.62. The molecule has 7 nitrogen and oxygen atoms in total. The van der Waals surface area contributed by atoms with Gasteiger partial charge in [0.1, 0.15) is 11.0 Å². The molecule has 0 saturated carbocycles. The van der Waals surface area contributed by atoms with Crippen molar-refractivity contribution in [3.05, 3.63) is 47.1 Å². The van der Waals surface area contributed by atoms with Crippen molar-refractivity contribution in [2.24, 2.45) is 0 Å². The van der Waals surface area contributed by atoms with Crippen molar-refractivity contribution >= 4 is 23.4 Å². The van der Waals surface area contributed by atoms with Crippen LogP contribution in [0.4, 0.5) is 11.8 Å². The molecule has 0 spiro atoms. The lowest BCUT2D eigenvalue weighted by Gasteiger charge is -2.35. The molecule has 2 saturated heterocycles. The van der Waals surface area contributed by atoms with Crippen LogP contribution in [0.25, 0.3) is 0 Å². The number of anilines is 2. The van der Waals surface area contributed by atoms with E-state index in [1.807, 2.05) is 6.07 Å². The van der Waals surface area contributed by atoms with Gasteiger partial charge in [0.05, 0.1) is 13.2 Å². The molecule has 31 heavy (non-hydrogen) atoms. The molecule has 1 aromatic carbocycles. The minimum absolute atomic E-state index is 0.494. The first kappa shape index (κ1) is 22.3. The van der Waals surface area contributed by atoms with Gasteiger partial charge in [-0.3, -0.25) is 4.90 Å². The van der Waals surface area contributed by atoms with Gasteiger partial charge in [-0.15, -0.1) is 0 Å². The highest BCUT2D eigenvalue weighted by Crippen LogP contribution is 2.22. The first-order valence-electron chi connectivity index (χ1n) is 11.2. The number of rotatable bonds is 4. The van der Waals surface area contributed by atoms with E-state index in [0.29, 0.717) is 18.4 Å². The summed E-state index contributed by atoms with van der Waals surface area (Å²) < 4.78 is 11.2. The molecule has 2 fully saturated rings. The van der Waals surface area contributed by atoms with Gasteiger partial charge in [0.15, 0.2) is 0 Å². The van der Waals surface area contributed by atoms with Gasteiger partial charge in [0.2, 0.25) is 5.95 Å². The van der Waals surface area contributed by atoms with Crippen LogP contribution in [0.2, 0.25) is 5.15 Å². The summed E-state index contributed by atoms with van der Waals surface area (Å²) >= 11 is 6.42. The van der Waals surface area contributed by atoms with E-state index in [2.05, 4.69) is 50.0 Å². The third-order valence-electron chi connectivity index (χ3n) is 5.70. The Morgan fingerprint density at radius 3 is 2.13 bits per heavy atom. The predicted molar refractivity (Wildman–Crippen MR) is 124 cm³/mol. The molecular formula is C23H32ClN5O2. The standard InChI is InChI=1S/C23H32ClN5O2/c24-21-18-22(28-8-4-14-30-16-17-31-15-5-9-28)26-23(25-21)29-12-10-27(11-13-29)19-20-6-2-1-3-7-20/h1-3,6-7,18H,4-5,8-17,19H2. The van der Waals surface area contributed by atoms with E-state index >= 15 is 0 Å². The van der Waals surface area contributed by atoms with E-state index in [-0.39, 0.29) is 0 Å². The maximum Gasteiger partial charge on any atom is 0.228 e. The zero-order valence-corrected chi connectivity index (χ0v) is 18.8. The lowest BCUT2D eigenvalue weighted by Crippen LogP contribution is -2.46. The highest BCUT2D eigenvalue weighted by atomic mass is 35.5. The fourth-order valence-electron chi connectivity index (χ4n) is 4.02. The molecule has 3 heterocycles. The van der Waals surface area contributed by atoms with E-state index < -0.39 is 0 Å². The van der Waals surface area contributed by atoms with Crippen molar-refractivity contribution < 1.29 is 9.47 Å². The Kier molecular flexibility index (Phi) is 8.35. The van der Waals surface area contributed by atoms with E-state index in [0.717, 1.165) is 83.6 Å². The maximum atomic E-state index is 6.42. The number of nitrogens with zero attached hydrogens (tertiary/aromatic N) is 5. The zero-order valence-electron chi connectivity index (χ0n) is 18.1. The maximum absolute atomic E-state index is 6.42. The van der Waals surface area contributed by atoms with Crippen LogP contribution in [0.1, 0.15) is 18.4 Å². The van der Waals surface area contributed by atoms with Gasteiger partial charge in [-0.2, -0.15) is 4.98 Å². The normalized spacial score (nSPS) is 19.8. The number of piperazine rings is 1. The van der Waals surface area contributed by atoms with Crippen LogP contribution >= 0.6 is 11.6 Å². The van der Waals surface area contributed by atoms with Crippen molar-refractivity contribution in [2.75, 3.05) is 75.5 Å². The van der Waals surface area contributed by atoms with Gasteiger partial charge in [0.25, 0.3) is 0 Å². The van der Waals surface area contributed by atoms with Crippen LogP contribution in [-0.2, 0) is 16.0 Å². The number of aromatic nitrogens is 2. The molecule has 0 N–H and O–H groups in total. The van der Waals surface area contributed by atoms with Crippen LogP contribution in [0.5, 0.6) is 0 Å². The van der Waals surface area contributed by atoms with Gasteiger partial charge in [-0.1, -0.05) is 41.9 Å². The fraction of sp³-hybridized carbons (Fsp3) is 0.565. The molecule has 4 rings (SSSR count). The zero-order chi connectivity index (χ0) is 21.3. The van der Waals surface area contributed by atoms with Crippen molar-refractivity contribution in [3.8, 4) is 0 Å². The molecule has 8 heteroatoms. The molecular weight excluding hydrogens is 414 g/mol. The van der Waals surface area contributed by atoms with Crippen LogP contribution in [0, 0.1) is 0 Å². The van der Waals surface area contributed by atoms with Crippen LogP contribution in [0.15, 0.2) is 36.4 Å². The van der Waals surface area contributed by atoms with E-state index in [9.17, 15) is 0 Å². The Morgan fingerprint density at radius 1 is 0.774 bits per heavy atom. The van der Waals surface area contributed by atoms with E-state index in [1.54, 1.807) is 0 Å². The van der Waals surface area contributed by atoms with Crippen LogP contribution in [0.3, 0.4) is 0 Å². The Bertz CT molecular complexity index is 790.